The summed E-state index contributed by atoms with van der Waals surface area (Å²) < 4.78 is 26.7. The van der Waals surface area contributed by atoms with E-state index in [4.69, 9.17) is 5.73 Å². The molecule has 1 heterocycles. The fourth-order valence-corrected chi connectivity index (χ4v) is 2.05. The van der Waals surface area contributed by atoms with Crippen LogP contribution < -0.4 is 5.73 Å². The maximum absolute atomic E-state index is 13.6. The molecule has 0 bridgehead atoms. The van der Waals surface area contributed by atoms with Gasteiger partial charge < -0.3 is 5.73 Å². The van der Waals surface area contributed by atoms with E-state index in [1.165, 1.54) is 6.07 Å². The molecule has 0 saturated carbocycles. The predicted octanol–water partition coefficient (Wildman–Crippen LogP) is 3.46. The van der Waals surface area contributed by atoms with Crippen LogP contribution in [0.1, 0.15) is 26.6 Å². The summed E-state index contributed by atoms with van der Waals surface area (Å²) in [5.74, 6) is -1.21. The number of aromatic nitrogens is 3. The van der Waals surface area contributed by atoms with Crippen molar-refractivity contribution in [3.8, 4) is 11.4 Å². The lowest BCUT2D eigenvalue weighted by atomic mass is 9.96. The highest BCUT2D eigenvalue weighted by Crippen LogP contribution is 2.31. The number of halogens is 3. The molecular weight excluding hydrogens is 330 g/mol. The summed E-state index contributed by atoms with van der Waals surface area (Å²) >= 11 is 3.01. The van der Waals surface area contributed by atoms with E-state index >= 15 is 0 Å². The van der Waals surface area contributed by atoms with Gasteiger partial charge in [0, 0.05) is 11.0 Å². The third-order valence-corrected chi connectivity index (χ3v) is 3.37. The molecule has 0 saturated heterocycles. The fourth-order valence-electron chi connectivity index (χ4n) is 1.55. The molecule has 2 aromatic rings. The maximum Gasteiger partial charge on any atom is 0.223 e. The van der Waals surface area contributed by atoms with E-state index in [0.29, 0.717) is 11.4 Å². The van der Waals surface area contributed by atoms with Crippen LogP contribution in [0.4, 0.5) is 14.7 Å². The van der Waals surface area contributed by atoms with E-state index in [1.54, 1.807) is 0 Å². The Morgan fingerprint density at radius 1 is 1.10 bits per heavy atom. The number of hydrogen-bond donors (Lipinski definition) is 1. The van der Waals surface area contributed by atoms with E-state index in [2.05, 4.69) is 30.9 Å². The Labute approximate surface area is 123 Å². The number of hydrogen-bond acceptors (Lipinski definition) is 4. The van der Waals surface area contributed by atoms with E-state index in [0.717, 1.165) is 6.07 Å². The van der Waals surface area contributed by atoms with Gasteiger partial charge in [-0.3, -0.25) is 0 Å². The molecule has 1 aromatic carbocycles. The highest BCUT2D eigenvalue weighted by atomic mass is 79.9. The molecule has 2 rings (SSSR count). The molecule has 0 aliphatic rings. The molecule has 0 radical (unpaired) electrons. The highest BCUT2D eigenvalue weighted by Gasteiger charge is 2.21. The van der Waals surface area contributed by atoms with Crippen LogP contribution in [0.15, 0.2) is 16.6 Å². The third-order valence-electron chi connectivity index (χ3n) is 2.60. The largest absolute Gasteiger partial charge is 0.368 e. The molecule has 0 fully saturated rings. The number of rotatable bonds is 1. The molecule has 7 heteroatoms. The number of nitrogens with two attached hydrogens (primary N) is 1. The topological polar surface area (TPSA) is 64.7 Å². The minimum Gasteiger partial charge on any atom is -0.368 e. The number of benzene rings is 1. The Morgan fingerprint density at radius 3 is 2.35 bits per heavy atom. The van der Waals surface area contributed by atoms with Crippen LogP contribution in [0, 0.1) is 11.6 Å². The van der Waals surface area contributed by atoms with Gasteiger partial charge in [0.2, 0.25) is 5.95 Å². The number of nitrogen functional groups attached to an aromatic ring is 1. The first kappa shape index (κ1) is 14.8. The summed E-state index contributed by atoms with van der Waals surface area (Å²) in [4.78, 5) is 12.3. The Hall–Kier alpha value is -1.63. The van der Waals surface area contributed by atoms with Crippen LogP contribution in [0.2, 0.25) is 0 Å². The second-order valence-electron chi connectivity index (χ2n) is 5.31. The minimum absolute atomic E-state index is 0.0385. The number of anilines is 1. The van der Waals surface area contributed by atoms with E-state index in [-0.39, 0.29) is 21.7 Å². The summed E-state index contributed by atoms with van der Waals surface area (Å²) in [5, 5.41) is 0. The standard InChI is InChI=1S/C13H13BrF2N4/c1-13(2,3)11-18-10(19-12(17)20-11)6-4-5-7(15)9(16)8(6)14/h4-5H,1-3H3,(H2,17,18,19,20). The van der Waals surface area contributed by atoms with Crippen molar-refractivity contribution in [2.45, 2.75) is 26.2 Å². The van der Waals surface area contributed by atoms with Crippen LogP contribution >= 0.6 is 15.9 Å². The van der Waals surface area contributed by atoms with E-state index in [1.807, 2.05) is 20.8 Å². The van der Waals surface area contributed by atoms with Gasteiger partial charge in [-0.25, -0.2) is 13.8 Å². The summed E-state index contributed by atoms with van der Waals surface area (Å²) in [6.07, 6.45) is 0. The van der Waals surface area contributed by atoms with Crippen molar-refractivity contribution < 1.29 is 8.78 Å². The summed E-state index contributed by atoms with van der Waals surface area (Å²) in [7, 11) is 0. The molecule has 20 heavy (non-hydrogen) atoms. The van der Waals surface area contributed by atoms with E-state index < -0.39 is 11.6 Å². The predicted molar refractivity (Wildman–Crippen MR) is 76.0 cm³/mol. The van der Waals surface area contributed by atoms with Gasteiger partial charge in [-0.15, -0.1) is 0 Å². The average Bonchev–Trinajstić information content (AvgIpc) is 2.34. The molecule has 106 valence electrons. The highest BCUT2D eigenvalue weighted by molar-refractivity contribution is 9.10. The quantitative estimate of drug-likeness (QED) is 0.806. The molecule has 0 amide bonds. The lowest BCUT2D eigenvalue weighted by molar-refractivity contribution is 0.504. The lowest BCUT2D eigenvalue weighted by Gasteiger charge is -2.17. The lowest BCUT2D eigenvalue weighted by Crippen LogP contribution is -2.18. The van der Waals surface area contributed by atoms with Gasteiger partial charge in [0.15, 0.2) is 17.5 Å². The van der Waals surface area contributed by atoms with Gasteiger partial charge in [0.25, 0.3) is 0 Å². The van der Waals surface area contributed by atoms with Crippen LogP contribution in [0.5, 0.6) is 0 Å². The van der Waals surface area contributed by atoms with Gasteiger partial charge in [0.05, 0.1) is 4.47 Å². The molecule has 0 spiro atoms. The zero-order valence-electron chi connectivity index (χ0n) is 11.2. The second-order valence-corrected chi connectivity index (χ2v) is 6.11. The Bertz CT molecular complexity index is 668. The van der Waals surface area contributed by atoms with Crippen molar-refractivity contribution in [3.05, 3.63) is 34.1 Å². The van der Waals surface area contributed by atoms with Gasteiger partial charge in [0.1, 0.15) is 5.82 Å². The Kier molecular flexibility index (Phi) is 3.73. The second kappa shape index (κ2) is 5.05. The molecule has 0 aliphatic carbocycles. The molecular formula is C13H13BrF2N4. The molecule has 1 aromatic heterocycles. The fraction of sp³-hybridized carbons (Fsp3) is 0.308. The first-order chi connectivity index (χ1) is 9.20. The van der Waals surface area contributed by atoms with Gasteiger partial charge >= 0.3 is 0 Å². The summed E-state index contributed by atoms with van der Waals surface area (Å²) in [6.45, 7) is 5.77. The molecule has 0 unspecified atom stereocenters. The van der Waals surface area contributed by atoms with Crippen LogP contribution in [0.3, 0.4) is 0 Å². The van der Waals surface area contributed by atoms with Crippen molar-refractivity contribution in [1.29, 1.82) is 0 Å². The molecule has 0 aliphatic heterocycles. The van der Waals surface area contributed by atoms with Crippen molar-refractivity contribution >= 4 is 21.9 Å². The summed E-state index contributed by atoms with van der Waals surface area (Å²) in [5.41, 5.74) is 5.65. The zero-order valence-corrected chi connectivity index (χ0v) is 12.8. The van der Waals surface area contributed by atoms with Crippen LogP contribution in [-0.4, -0.2) is 15.0 Å². The first-order valence-corrected chi connectivity index (χ1v) is 6.65. The molecule has 4 nitrogen and oxygen atoms in total. The monoisotopic (exact) mass is 342 g/mol. The maximum atomic E-state index is 13.6. The van der Waals surface area contributed by atoms with Crippen molar-refractivity contribution in [2.24, 2.45) is 0 Å². The smallest absolute Gasteiger partial charge is 0.223 e. The SMILES string of the molecule is CC(C)(C)c1nc(N)nc(-c2ccc(F)c(F)c2Br)n1. The van der Waals surface area contributed by atoms with E-state index in [9.17, 15) is 8.78 Å². The first-order valence-electron chi connectivity index (χ1n) is 5.86. The van der Waals surface area contributed by atoms with Crippen molar-refractivity contribution in [1.82, 2.24) is 15.0 Å². The van der Waals surface area contributed by atoms with Gasteiger partial charge in [-0.05, 0) is 28.1 Å². The summed E-state index contributed by atoms with van der Waals surface area (Å²) in [6, 6.07) is 2.41. The van der Waals surface area contributed by atoms with Gasteiger partial charge in [-0.2, -0.15) is 9.97 Å². The third kappa shape index (κ3) is 2.77. The molecule has 2 N–H and O–H groups in total. The van der Waals surface area contributed by atoms with Crippen LogP contribution in [-0.2, 0) is 5.41 Å². The minimum atomic E-state index is -0.987. The average molecular weight is 343 g/mol. The zero-order chi connectivity index (χ0) is 15.1. The van der Waals surface area contributed by atoms with Crippen molar-refractivity contribution in [3.63, 3.8) is 0 Å². The Balaban J connectivity index is 2.65. The van der Waals surface area contributed by atoms with Crippen molar-refractivity contribution in [2.75, 3.05) is 5.73 Å². The molecule has 0 atom stereocenters. The Morgan fingerprint density at radius 2 is 1.75 bits per heavy atom. The normalized spacial score (nSPS) is 11.7. The van der Waals surface area contributed by atoms with Crippen LogP contribution in [0.25, 0.3) is 11.4 Å². The number of nitrogens with zero attached hydrogens (tertiary/aromatic N) is 3. The van der Waals surface area contributed by atoms with Gasteiger partial charge in [-0.1, -0.05) is 20.8 Å².